The zero-order chi connectivity index (χ0) is 19.0. The standard InChI is InChI=1S/C21H20N2O3S/c1-14(24)15-6-5-9-17(12-15)22-20(26)18-13-27-21(11-10-19(25)23(18)21)16-7-3-2-4-8-16/h2-9,12,18H,10-11,13H2,1H3,(H,22,26)/t18-,21+/m0/s1. The van der Waals surface area contributed by atoms with E-state index in [1.165, 1.54) is 6.92 Å². The molecule has 1 N–H and O–H groups in total. The fourth-order valence-electron chi connectivity index (χ4n) is 3.88. The van der Waals surface area contributed by atoms with E-state index in [2.05, 4.69) is 5.32 Å². The second kappa shape index (κ2) is 6.85. The normalized spacial score (nSPS) is 24.0. The summed E-state index contributed by atoms with van der Waals surface area (Å²) < 4.78 is 0. The quantitative estimate of drug-likeness (QED) is 0.826. The molecule has 0 saturated carbocycles. The highest BCUT2D eigenvalue weighted by molar-refractivity contribution is 8.00. The molecule has 0 spiro atoms. The second-order valence-electron chi connectivity index (χ2n) is 6.87. The number of hydrogen-bond acceptors (Lipinski definition) is 4. The smallest absolute Gasteiger partial charge is 0.248 e. The van der Waals surface area contributed by atoms with Crippen molar-refractivity contribution in [2.45, 2.75) is 30.7 Å². The van der Waals surface area contributed by atoms with Gasteiger partial charge in [-0.15, -0.1) is 11.8 Å². The molecule has 0 bridgehead atoms. The van der Waals surface area contributed by atoms with Crippen LogP contribution in [-0.4, -0.2) is 34.3 Å². The number of amides is 2. The molecule has 2 saturated heterocycles. The number of nitrogens with zero attached hydrogens (tertiary/aromatic N) is 1. The average molecular weight is 380 g/mol. The van der Waals surface area contributed by atoms with Crippen LogP contribution in [0.1, 0.15) is 35.7 Å². The molecule has 0 radical (unpaired) electrons. The summed E-state index contributed by atoms with van der Waals surface area (Å²) in [6.07, 6.45) is 1.16. The minimum atomic E-state index is -0.522. The van der Waals surface area contributed by atoms with E-state index < -0.39 is 10.9 Å². The third-order valence-corrected chi connectivity index (χ3v) is 6.79. The van der Waals surface area contributed by atoms with Gasteiger partial charge in [-0.3, -0.25) is 14.4 Å². The van der Waals surface area contributed by atoms with Crippen LogP contribution in [0.5, 0.6) is 0 Å². The Labute approximate surface area is 162 Å². The first kappa shape index (κ1) is 17.8. The Balaban J connectivity index is 1.59. The lowest BCUT2D eigenvalue weighted by molar-refractivity contribution is -0.136. The summed E-state index contributed by atoms with van der Waals surface area (Å²) in [6, 6.07) is 16.3. The summed E-state index contributed by atoms with van der Waals surface area (Å²) in [5.74, 6) is 0.303. The van der Waals surface area contributed by atoms with Crippen LogP contribution in [0.2, 0.25) is 0 Å². The number of benzene rings is 2. The lowest BCUT2D eigenvalue weighted by Gasteiger charge is -2.34. The first-order valence-electron chi connectivity index (χ1n) is 8.95. The van der Waals surface area contributed by atoms with Gasteiger partial charge in [0.05, 0.1) is 0 Å². The van der Waals surface area contributed by atoms with E-state index in [-0.39, 0.29) is 17.6 Å². The first-order chi connectivity index (χ1) is 13.0. The highest BCUT2D eigenvalue weighted by atomic mass is 32.2. The van der Waals surface area contributed by atoms with Crippen LogP contribution in [0, 0.1) is 0 Å². The van der Waals surface area contributed by atoms with Crippen LogP contribution in [-0.2, 0) is 14.5 Å². The number of nitrogens with one attached hydrogen (secondary N) is 1. The zero-order valence-electron chi connectivity index (χ0n) is 15.0. The van der Waals surface area contributed by atoms with Gasteiger partial charge in [-0.05, 0) is 31.0 Å². The third kappa shape index (κ3) is 3.04. The molecular weight excluding hydrogens is 360 g/mol. The summed E-state index contributed by atoms with van der Waals surface area (Å²) >= 11 is 1.66. The Morgan fingerprint density at radius 2 is 1.93 bits per heavy atom. The molecule has 2 atom stereocenters. The minimum absolute atomic E-state index is 0.0153. The fraction of sp³-hybridized carbons (Fsp3) is 0.286. The van der Waals surface area contributed by atoms with Gasteiger partial charge in [-0.25, -0.2) is 0 Å². The number of carbonyl (C=O) groups is 3. The largest absolute Gasteiger partial charge is 0.324 e. The minimum Gasteiger partial charge on any atom is -0.324 e. The Bertz CT molecular complexity index is 915. The second-order valence-corrected chi connectivity index (χ2v) is 8.16. The maximum Gasteiger partial charge on any atom is 0.248 e. The van der Waals surface area contributed by atoms with Crippen molar-refractivity contribution in [1.29, 1.82) is 0 Å². The van der Waals surface area contributed by atoms with Gasteiger partial charge < -0.3 is 10.2 Å². The van der Waals surface area contributed by atoms with Crippen LogP contribution in [0.15, 0.2) is 54.6 Å². The molecule has 2 heterocycles. The molecule has 0 unspecified atom stereocenters. The van der Waals surface area contributed by atoms with Crippen molar-refractivity contribution in [3.05, 3.63) is 65.7 Å². The number of carbonyl (C=O) groups excluding carboxylic acids is 3. The fourth-order valence-corrected chi connectivity index (χ4v) is 5.53. The van der Waals surface area contributed by atoms with Crippen molar-refractivity contribution in [2.24, 2.45) is 0 Å². The number of anilines is 1. The number of rotatable bonds is 4. The molecule has 5 nitrogen and oxygen atoms in total. The number of ketones is 1. The monoisotopic (exact) mass is 380 g/mol. The number of hydrogen-bond donors (Lipinski definition) is 1. The van der Waals surface area contributed by atoms with Gasteiger partial charge in [0.25, 0.3) is 0 Å². The number of fused-ring (bicyclic) bond motifs is 1. The highest BCUT2D eigenvalue weighted by Crippen LogP contribution is 2.54. The topological polar surface area (TPSA) is 66.5 Å². The van der Waals surface area contributed by atoms with Gasteiger partial charge in [0.1, 0.15) is 10.9 Å². The predicted molar refractivity (Wildman–Crippen MR) is 106 cm³/mol. The van der Waals surface area contributed by atoms with E-state index in [1.54, 1.807) is 40.9 Å². The summed E-state index contributed by atoms with van der Waals surface area (Å²) in [6.45, 7) is 1.49. The molecule has 2 aromatic carbocycles. The van der Waals surface area contributed by atoms with Gasteiger partial charge in [0, 0.05) is 23.4 Å². The van der Waals surface area contributed by atoms with Crippen molar-refractivity contribution in [3.63, 3.8) is 0 Å². The Kier molecular flexibility index (Phi) is 4.52. The molecule has 6 heteroatoms. The Morgan fingerprint density at radius 1 is 1.15 bits per heavy atom. The number of thioether (sulfide) groups is 1. The highest BCUT2D eigenvalue weighted by Gasteiger charge is 2.56. The van der Waals surface area contributed by atoms with Gasteiger partial charge in [-0.1, -0.05) is 42.5 Å². The molecule has 138 valence electrons. The SMILES string of the molecule is CC(=O)c1cccc(NC(=O)[C@@H]2CS[C@@]3(c4ccccc4)CCC(=O)N23)c1. The zero-order valence-corrected chi connectivity index (χ0v) is 15.8. The van der Waals surface area contributed by atoms with Crippen molar-refractivity contribution in [1.82, 2.24) is 4.90 Å². The van der Waals surface area contributed by atoms with Crippen molar-refractivity contribution in [3.8, 4) is 0 Å². The summed E-state index contributed by atoms with van der Waals surface area (Å²) in [5.41, 5.74) is 2.18. The number of Topliss-reactive ketones (excluding diaryl/α,β-unsaturated/α-hetero) is 1. The maximum absolute atomic E-state index is 13.0. The first-order valence-corrected chi connectivity index (χ1v) is 9.93. The van der Waals surface area contributed by atoms with E-state index in [0.717, 1.165) is 5.56 Å². The van der Waals surface area contributed by atoms with Crippen LogP contribution < -0.4 is 5.32 Å². The van der Waals surface area contributed by atoms with Gasteiger partial charge in [0.15, 0.2) is 5.78 Å². The average Bonchev–Trinajstić information content (AvgIpc) is 3.22. The van der Waals surface area contributed by atoms with Gasteiger partial charge in [0.2, 0.25) is 11.8 Å². The molecule has 0 aromatic heterocycles. The predicted octanol–water partition coefficient (Wildman–Crippen LogP) is 3.42. The van der Waals surface area contributed by atoms with Crippen LogP contribution >= 0.6 is 11.8 Å². The van der Waals surface area contributed by atoms with Gasteiger partial charge >= 0.3 is 0 Å². The third-order valence-electron chi connectivity index (χ3n) is 5.19. The van der Waals surface area contributed by atoms with E-state index in [0.29, 0.717) is 29.8 Å². The Morgan fingerprint density at radius 3 is 2.67 bits per heavy atom. The summed E-state index contributed by atoms with van der Waals surface area (Å²) in [5, 5.41) is 2.88. The van der Waals surface area contributed by atoms with Crippen LogP contribution in [0.3, 0.4) is 0 Å². The lowest BCUT2D eigenvalue weighted by atomic mass is 10.0. The van der Waals surface area contributed by atoms with Gasteiger partial charge in [-0.2, -0.15) is 0 Å². The van der Waals surface area contributed by atoms with Crippen molar-refractivity contribution in [2.75, 3.05) is 11.1 Å². The molecule has 2 aromatic rings. The van der Waals surface area contributed by atoms with E-state index >= 15 is 0 Å². The van der Waals surface area contributed by atoms with Crippen molar-refractivity contribution < 1.29 is 14.4 Å². The van der Waals surface area contributed by atoms with Crippen molar-refractivity contribution >= 4 is 35.0 Å². The van der Waals surface area contributed by atoms with E-state index in [9.17, 15) is 14.4 Å². The molecule has 2 aliphatic rings. The molecule has 0 aliphatic carbocycles. The van der Waals surface area contributed by atoms with E-state index in [1.807, 2.05) is 30.3 Å². The van der Waals surface area contributed by atoms with Crippen LogP contribution in [0.4, 0.5) is 5.69 Å². The molecule has 2 aliphatic heterocycles. The van der Waals surface area contributed by atoms with E-state index in [4.69, 9.17) is 0 Å². The van der Waals surface area contributed by atoms with Crippen LogP contribution in [0.25, 0.3) is 0 Å². The summed E-state index contributed by atoms with van der Waals surface area (Å²) in [7, 11) is 0. The molecule has 2 amide bonds. The lowest BCUT2D eigenvalue weighted by Crippen LogP contribution is -2.48. The molecule has 27 heavy (non-hydrogen) atoms. The Hall–Kier alpha value is -2.60. The molecule has 2 fully saturated rings. The maximum atomic E-state index is 13.0. The molecular formula is C21H20N2O3S. The summed E-state index contributed by atoms with van der Waals surface area (Å²) in [4.78, 5) is 38.5. The molecule has 4 rings (SSSR count).